The van der Waals surface area contributed by atoms with Gasteiger partial charge in [-0.05, 0) is 56.1 Å². The van der Waals surface area contributed by atoms with Crippen LogP contribution in [0.2, 0.25) is 5.02 Å². The van der Waals surface area contributed by atoms with Gasteiger partial charge in [0.1, 0.15) is 0 Å². The molecule has 1 aromatic heterocycles. The number of anilines is 1. The molecule has 0 aliphatic carbocycles. The molecule has 3 nitrogen and oxygen atoms in total. The third-order valence-electron chi connectivity index (χ3n) is 4.70. The maximum Gasteiger partial charge on any atom is 0.0737 e. The van der Waals surface area contributed by atoms with E-state index in [4.69, 9.17) is 11.6 Å². The quantitative estimate of drug-likeness (QED) is 0.467. The van der Waals surface area contributed by atoms with Crippen LogP contribution in [0.3, 0.4) is 0 Å². The summed E-state index contributed by atoms with van der Waals surface area (Å²) < 4.78 is 0. The lowest BCUT2D eigenvalue weighted by Gasteiger charge is -2.22. The standard InChI is InChI=1S/C23H28ClN3/c1-3-13-27(17-19-7-4-6-18(2)15-19)14-5-11-25-22-10-12-26-23-16-20(24)8-9-21(22)23/h4,6-10,12,15-16H,3,5,11,13-14,17H2,1-2H3,(H,25,26). The number of hydrogen-bond donors (Lipinski definition) is 1. The van der Waals surface area contributed by atoms with E-state index in [2.05, 4.69) is 53.3 Å². The van der Waals surface area contributed by atoms with Crippen LogP contribution in [-0.4, -0.2) is 29.5 Å². The lowest BCUT2D eigenvalue weighted by Crippen LogP contribution is -2.26. The molecule has 0 unspecified atom stereocenters. The predicted molar refractivity (Wildman–Crippen MR) is 117 cm³/mol. The number of aryl methyl sites for hydroxylation is 1. The largest absolute Gasteiger partial charge is 0.384 e. The Morgan fingerprint density at radius 1 is 1.07 bits per heavy atom. The van der Waals surface area contributed by atoms with Gasteiger partial charge in [0.05, 0.1) is 5.52 Å². The summed E-state index contributed by atoms with van der Waals surface area (Å²) in [4.78, 5) is 6.95. The van der Waals surface area contributed by atoms with Crippen LogP contribution in [0.15, 0.2) is 54.7 Å². The van der Waals surface area contributed by atoms with Gasteiger partial charge in [0, 0.05) is 41.9 Å². The fourth-order valence-electron chi connectivity index (χ4n) is 3.46. The van der Waals surface area contributed by atoms with Crippen molar-refractivity contribution in [2.45, 2.75) is 33.2 Å². The highest BCUT2D eigenvalue weighted by atomic mass is 35.5. The van der Waals surface area contributed by atoms with Crippen LogP contribution in [0.1, 0.15) is 30.9 Å². The zero-order valence-electron chi connectivity index (χ0n) is 16.2. The van der Waals surface area contributed by atoms with Gasteiger partial charge in [-0.25, -0.2) is 0 Å². The van der Waals surface area contributed by atoms with Gasteiger partial charge in [0.2, 0.25) is 0 Å². The molecule has 0 saturated heterocycles. The SMILES string of the molecule is CCCN(CCCNc1ccnc2cc(Cl)ccc12)Cc1cccc(C)c1. The molecule has 0 aliphatic rings. The van der Waals surface area contributed by atoms with Crippen LogP contribution in [0.4, 0.5) is 5.69 Å². The van der Waals surface area contributed by atoms with Gasteiger partial charge < -0.3 is 5.32 Å². The number of nitrogens with one attached hydrogen (secondary N) is 1. The molecule has 142 valence electrons. The summed E-state index contributed by atoms with van der Waals surface area (Å²) in [5.74, 6) is 0. The Balaban J connectivity index is 1.55. The van der Waals surface area contributed by atoms with Gasteiger partial charge in [0.25, 0.3) is 0 Å². The second kappa shape index (κ2) is 9.72. The monoisotopic (exact) mass is 381 g/mol. The fourth-order valence-corrected chi connectivity index (χ4v) is 3.62. The molecule has 0 bridgehead atoms. The van der Waals surface area contributed by atoms with E-state index in [0.717, 1.165) is 54.2 Å². The highest BCUT2D eigenvalue weighted by Gasteiger charge is 2.06. The first kappa shape index (κ1) is 19.7. The maximum atomic E-state index is 6.07. The van der Waals surface area contributed by atoms with Crippen LogP contribution >= 0.6 is 11.6 Å². The summed E-state index contributed by atoms with van der Waals surface area (Å²) in [6.07, 6.45) is 4.11. The van der Waals surface area contributed by atoms with Crippen molar-refractivity contribution in [3.8, 4) is 0 Å². The van der Waals surface area contributed by atoms with Crippen molar-refractivity contribution in [1.82, 2.24) is 9.88 Å². The fraction of sp³-hybridized carbons (Fsp3) is 0.348. The van der Waals surface area contributed by atoms with Gasteiger partial charge in [0.15, 0.2) is 0 Å². The highest BCUT2D eigenvalue weighted by Crippen LogP contribution is 2.24. The molecule has 0 radical (unpaired) electrons. The van der Waals surface area contributed by atoms with Crippen molar-refractivity contribution in [2.75, 3.05) is 25.0 Å². The van der Waals surface area contributed by atoms with E-state index in [9.17, 15) is 0 Å². The summed E-state index contributed by atoms with van der Waals surface area (Å²) in [6.45, 7) is 8.58. The van der Waals surface area contributed by atoms with Gasteiger partial charge in [-0.2, -0.15) is 0 Å². The second-order valence-electron chi connectivity index (χ2n) is 7.07. The Kier molecular flexibility index (Phi) is 7.08. The van der Waals surface area contributed by atoms with Crippen LogP contribution in [0, 0.1) is 6.92 Å². The van der Waals surface area contributed by atoms with Gasteiger partial charge in [-0.3, -0.25) is 9.88 Å². The Hall–Kier alpha value is -2.10. The lowest BCUT2D eigenvalue weighted by atomic mass is 10.1. The molecule has 1 heterocycles. The van der Waals surface area contributed by atoms with E-state index in [1.807, 2.05) is 30.5 Å². The van der Waals surface area contributed by atoms with E-state index in [1.165, 1.54) is 17.5 Å². The van der Waals surface area contributed by atoms with Crippen molar-refractivity contribution >= 4 is 28.2 Å². The van der Waals surface area contributed by atoms with E-state index >= 15 is 0 Å². The van der Waals surface area contributed by atoms with Crippen LogP contribution < -0.4 is 5.32 Å². The minimum Gasteiger partial charge on any atom is -0.384 e. The lowest BCUT2D eigenvalue weighted by molar-refractivity contribution is 0.265. The molecule has 0 aliphatic heterocycles. The molecular weight excluding hydrogens is 354 g/mol. The van der Waals surface area contributed by atoms with Crippen molar-refractivity contribution < 1.29 is 0 Å². The number of aromatic nitrogens is 1. The van der Waals surface area contributed by atoms with E-state index in [0.29, 0.717) is 0 Å². The summed E-state index contributed by atoms with van der Waals surface area (Å²) in [7, 11) is 0. The molecule has 1 N–H and O–H groups in total. The van der Waals surface area contributed by atoms with E-state index in [-0.39, 0.29) is 0 Å². The summed E-state index contributed by atoms with van der Waals surface area (Å²) in [5, 5.41) is 5.41. The molecule has 3 aromatic rings. The van der Waals surface area contributed by atoms with Gasteiger partial charge >= 0.3 is 0 Å². The normalized spacial score (nSPS) is 11.3. The number of hydrogen-bond acceptors (Lipinski definition) is 3. The third kappa shape index (κ3) is 5.69. The Morgan fingerprint density at radius 3 is 2.78 bits per heavy atom. The average molecular weight is 382 g/mol. The first-order chi connectivity index (χ1) is 13.2. The first-order valence-corrected chi connectivity index (χ1v) is 10.1. The first-order valence-electron chi connectivity index (χ1n) is 9.72. The second-order valence-corrected chi connectivity index (χ2v) is 7.50. The number of fused-ring (bicyclic) bond motifs is 1. The molecule has 0 atom stereocenters. The summed E-state index contributed by atoms with van der Waals surface area (Å²) in [5.41, 5.74) is 4.78. The molecule has 2 aromatic carbocycles. The van der Waals surface area contributed by atoms with E-state index in [1.54, 1.807) is 0 Å². The highest BCUT2D eigenvalue weighted by molar-refractivity contribution is 6.31. The molecule has 4 heteroatoms. The number of benzene rings is 2. The van der Waals surface area contributed by atoms with Crippen LogP contribution in [0.5, 0.6) is 0 Å². The average Bonchev–Trinajstić information content (AvgIpc) is 2.65. The summed E-state index contributed by atoms with van der Waals surface area (Å²) >= 11 is 6.07. The molecule has 27 heavy (non-hydrogen) atoms. The maximum absolute atomic E-state index is 6.07. The predicted octanol–water partition coefficient (Wildman–Crippen LogP) is 5.91. The molecule has 3 rings (SSSR count). The molecular formula is C23H28ClN3. The molecule has 0 saturated carbocycles. The minimum atomic E-state index is 0.721. The third-order valence-corrected chi connectivity index (χ3v) is 4.93. The molecule has 0 fully saturated rings. The van der Waals surface area contributed by atoms with Crippen molar-refractivity contribution in [1.29, 1.82) is 0 Å². The van der Waals surface area contributed by atoms with Gasteiger partial charge in [-0.15, -0.1) is 0 Å². The summed E-state index contributed by atoms with van der Waals surface area (Å²) in [6, 6.07) is 16.7. The smallest absolute Gasteiger partial charge is 0.0737 e. The number of pyridine rings is 1. The zero-order valence-corrected chi connectivity index (χ0v) is 17.0. The number of nitrogens with zero attached hydrogens (tertiary/aromatic N) is 2. The van der Waals surface area contributed by atoms with Crippen LogP contribution in [0.25, 0.3) is 10.9 Å². The van der Waals surface area contributed by atoms with Crippen molar-refractivity contribution in [3.05, 3.63) is 70.9 Å². The van der Waals surface area contributed by atoms with Gasteiger partial charge in [-0.1, -0.05) is 48.4 Å². The topological polar surface area (TPSA) is 28.2 Å². The van der Waals surface area contributed by atoms with Crippen molar-refractivity contribution in [3.63, 3.8) is 0 Å². The van der Waals surface area contributed by atoms with Crippen LogP contribution in [-0.2, 0) is 6.54 Å². The zero-order chi connectivity index (χ0) is 19.1. The minimum absolute atomic E-state index is 0.721. The Morgan fingerprint density at radius 2 is 1.96 bits per heavy atom. The number of halogens is 1. The Bertz CT molecular complexity index is 878. The molecule has 0 amide bonds. The Labute approximate surface area is 167 Å². The van der Waals surface area contributed by atoms with Crippen molar-refractivity contribution in [2.24, 2.45) is 0 Å². The van der Waals surface area contributed by atoms with E-state index < -0.39 is 0 Å². The number of rotatable bonds is 9. The molecule has 0 spiro atoms.